The quantitative estimate of drug-likeness (QED) is 0.0631. The number of hydrogen-bond acceptors (Lipinski definition) is 11. The van der Waals surface area contributed by atoms with Crippen LogP contribution in [0.15, 0.2) is 58.8 Å². The smallest absolute Gasteiger partial charge is 0.255 e. The summed E-state index contributed by atoms with van der Waals surface area (Å²) in [5, 5.41) is 12.1. The summed E-state index contributed by atoms with van der Waals surface area (Å²) in [6.07, 6.45) is 0.960. The number of hydrogen-bond donors (Lipinski definition) is 5. The molecular weight excluding hydrogens is 726 g/mol. The summed E-state index contributed by atoms with van der Waals surface area (Å²) in [5.74, 6) is -0.808. The van der Waals surface area contributed by atoms with Gasteiger partial charge in [0.2, 0.25) is 5.75 Å². The second kappa shape index (κ2) is 18.3. The fraction of sp³-hybridized carbons (Fsp3) is 0.312. The second-order valence-corrected chi connectivity index (χ2v) is 15.8. The van der Waals surface area contributed by atoms with Crippen LogP contribution >= 0.6 is 18.9 Å². The van der Waals surface area contributed by atoms with Crippen LogP contribution in [-0.2, 0) is 14.6 Å². The molecule has 4 aromatic rings. The molecule has 0 aliphatic carbocycles. The van der Waals surface area contributed by atoms with Gasteiger partial charge in [-0.1, -0.05) is 0 Å². The van der Waals surface area contributed by atoms with Crippen molar-refractivity contribution in [2.24, 2.45) is 0 Å². The second-order valence-electron chi connectivity index (χ2n) is 11.0. The Labute approximate surface area is 298 Å². The van der Waals surface area contributed by atoms with E-state index in [2.05, 4.69) is 22.5 Å². The molecule has 274 valence electrons. The van der Waals surface area contributed by atoms with E-state index in [0.29, 0.717) is 97.8 Å². The van der Waals surface area contributed by atoms with Crippen LogP contribution in [0.4, 0.5) is 10.1 Å². The Hall–Kier alpha value is -4.31. The van der Waals surface area contributed by atoms with Gasteiger partial charge >= 0.3 is 0 Å². The summed E-state index contributed by atoms with van der Waals surface area (Å²) in [5.41, 5.74) is 11.8. The van der Waals surface area contributed by atoms with E-state index in [9.17, 15) is 27.1 Å². The maximum absolute atomic E-state index is 13.9. The van der Waals surface area contributed by atoms with Crippen LogP contribution < -0.4 is 50.9 Å². The number of benzene rings is 3. The molecule has 0 aliphatic rings. The Morgan fingerprint density at radius 2 is 1.55 bits per heavy atom. The van der Waals surface area contributed by atoms with E-state index in [1.165, 1.54) is 6.07 Å². The number of carbonyl (C=O) groups is 1. The van der Waals surface area contributed by atoms with Crippen molar-refractivity contribution in [1.82, 2.24) is 4.72 Å². The minimum Gasteiger partial charge on any atom is -0.768 e. The van der Waals surface area contributed by atoms with Crippen LogP contribution in [0, 0.1) is 17.1 Å². The van der Waals surface area contributed by atoms with Gasteiger partial charge in [0.1, 0.15) is 21.8 Å². The number of halogens is 1. The van der Waals surface area contributed by atoms with E-state index in [1.54, 1.807) is 36.4 Å². The van der Waals surface area contributed by atoms with Crippen molar-refractivity contribution in [3.63, 3.8) is 0 Å². The fourth-order valence-corrected chi connectivity index (χ4v) is 8.31. The number of ether oxygens (including phenoxy) is 3. The van der Waals surface area contributed by atoms with Gasteiger partial charge in [0, 0.05) is 41.3 Å². The number of sulfonamides is 1. The van der Waals surface area contributed by atoms with Crippen LogP contribution in [0.2, 0.25) is 0 Å². The number of amides is 1. The molecule has 0 fully saturated rings. The topological polar surface area (TPSA) is 259 Å². The van der Waals surface area contributed by atoms with Crippen molar-refractivity contribution in [1.29, 1.82) is 5.26 Å². The Kier molecular flexibility index (Phi) is 14.1. The molecule has 0 saturated carbocycles. The maximum Gasteiger partial charge on any atom is 0.255 e. The fourth-order valence-electron chi connectivity index (χ4n) is 4.41. The van der Waals surface area contributed by atoms with Gasteiger partial charge in [-0.2, -0.15) is 5.26 Å². The molecule has 1 amide bonds. The number of rotatable bonds is 20. The highest BCUT2D eigenvalue weighted by Gasteiger charge is 2.23. The highest BCUT2D eigenvalue weighted by Crippen LogP contribution is 2.41. The van der Waals surface area contributed by atoms with Gasteiger partial charge in [-0.05, 0) is 53.9 Å². The molecule has 0 bridgehead atoms. The largest absolute Gasteiger partial charge is 0.768 e. The molecule has 1 aromatic heterocycles. The summed E-state index contributed by atoms with van der Waals surface area (Å²) in [6.45, 7) is 3.07. The number of fused-ring (bicyclic) bond motifs is 1. The van der Waals surface area contributed by atoms with Gasteiger partial charge in [0.15, 0.2) is 19.1 Å². The lowest BCUT2D eigenvalue weighted by Crippen LogP contribution is -2.50. The molecule has 0 aliphatic heterocycles. The molecular formula is C32H40FN6O9PS2+2. The normalized spacial score (nSPS) is 12.5. The van der Waals surface area contributed by atoms with E-state index in [0.717, 1.165) is 23.5 Å². The van der Waals surface area contributed by atoms with Crippen molar-refractivity contribution in [2.45, 2.75) is 23.5 Å². The lowest BCUT2D eigenvalue weighted by Gasteiger charge is -2.24. The lowest BCUT2D eigenvalue weighted by atomic mass is 10.1. The first-order valence-corrected chi connectivity index (χ1v) is 19.9. The lowest BCUT2D eigenvalue weighted by molar-refractivity contribution is -0.369. The van der Waals surface area contributed by atoms with Crippen molar-refractivity contribution < 1.29 is 63.0 Å². The van der Waals surface area contributed by atoms with Gasteiger partial charge in [-0.3, -0.25) is 9.36 Å². The van der Waals surface area contributed by atoms with Crippen LogP contribution in [-0.4, -0.2) is 60.1 Å². The Bertz CT molecular complexity index is 2010. The molecule has 1 unspecified atom stereocenters. The molecule has 1 heterocycles. The molecule has 4 rings (SSSR count). The first-order valence-electron chi connectivity index (χ1n) is 15.9. The van der Waals surface area contributed by atoms with Crippen molar-refractivity contribution in [3.05, 3.63) is 71.5 Å². The van der Waals surface area contributed by atoms with E-state index in [4.69, 9.17) is 24.0 Å². The first kappa shape index (κ1) is 39.5. The van der Waals surface area contributed by atoms with Crippen molar-refractivity contribution in [3.8, 4) is 29.1 Å². The zero-order valence-corrected chi connectivity index (χ0v) is 30.2. The molecule has 11 N–H and O–H groups in total. The SMILES string of the molecule is N#Cc1ccc(OP(=O)([O-])CNS(=O)(=O)c2cc3cc(NC(=O)c4cc(OCCC[NH3+])c(OCCC[NH3+])c(OCCC[NH3+])c4)ccc3s2)cc1F. The van der Waals surface area contributed by atoms with Gasteiger partial charge in [0.05, 0.1) is 51.3 Å². The number of nitrogens with zero attached hydrogens (tertiary/aromatic N) is 1. The minimum atomic E-state index is -4.86. The minimum absolute atomic E-state index is 0.187. The number of nitriles is 1. The predicted octanol–water partition coefficient (Wildman–Crippen LogP) is 1.06. The third kappa shape index (κ3) is 11.1. The molecule has 1 atom stereocenters. The van der Waals surface area contributed by atoms with Crippen molar-refractivity contribution in [2.75, 3.05) is 51.1 Å². The number of nitrogens with one attached hydrogen (secondary N) is 2. The number of carbonyl (C=O) groups excluding carboxylic acids is 1. The molecule has 15 nitrogen and oxygen atoms in total. The molecule has 0 saturated heterocycles. The van der Waals surface area contributed by atoms with E-state index < -0.39 is 41.4 Å². The van der Waals surface area contributed by atoms with Gasteiger partial charge in [0.25, 0.3) is 15.9 Å². The number of thiophene rings is 1. The monoisotopic (exact) mass is 766 g/mol. The number of anilines is 1. The molecule has 19 heteroatoms. The highest BCUT2D eigenvalue weighted by atomic mass is 32.2. The van der Waals surface area contributed by atoms with Crippen molar-refractivity contribution >= 4 is 50.6 Å². The van der Waals surface area contributed by atoms with E-state index in [-0.39, 0.29) is 15.3 Å². The van der Waals surface area contributed by atoms with Gasteiger partial charge < -0.3 is 46.1 Å². The summed E-state index contributed by atoms with van der Waals surface area (Å²) >= 11 is 0.885. The van der Waals surface area contributed by atoms with Crippen LogP contribution in [0.3, 0.4) is 0 Å². The third-order valence-electron chi connectivity index (χ3n) is 7.00. The molecule has 0 radical (unpaired) electrons. The van der Waals surface area contributed by atoms with Gasteiger partial charge in [-0.15, -0.1) is 11.3 Å². The summed E-state index contributed by atoms with van der Waals surface area (Å²) in [4.78, 5) is 26.0. The van der Waals surface area contributed by atoms with Gasteiger partial charge in [-0.25, -0.2) is 17.5 Å². The predicted molar refractivity (Wildman–Crippen MR) is 184 cm³/mol. The van der Waals surface area contributed by atoms with E-state index in [1.807, 2.05) is 4.72 Å². The summed E-state index contributed by atoms with van der Waals surface area (Å²) in [6, 6.07) is 13.7. The van der Waals surface area contributed by atoms with Crippen LogP contribution in [0.1, 0.15) is 35.2 Å². The molecule has 0 spiro atoms. The van der Waals surface area contributed by atoms with Crippen LogP contribution in [0.25, 0.3) is 10.1 Å². The van der Waals surface area contributed by atoms with E-state index >= 15 is 0 Å². The zero-order valence-electron chi connectivity index (χ0n) is 27.7. The highest BCUT2D eigenvalue weighted by molar-refractivity contribution is 7.92. The Morgan fingerprint density at radius 3 is 2.14 bits per heavy atom. The standard InChI is InChI=1S/C32H38FN6O9PS2/c33-26-18-25(6-4-21(26)19-37)48-49(41,42)20-38-51(43,44)30-17-22-14-24(5-7-29(22)50-30)39-32(40)23-15-27(45-11-1-8-34)31(47-13-3-10-36)28(16-23)46-12-2-9-35/h4-7,14-18,38H,1-3,8-13,20,34-36H2,(H,39,40)(H,41,42)/p+2. The average Bonchev–Trinajstić information content (AvgIpc) is 3.53. The third-order valence-corrected chi connectivity index (χ3v) is 11.2. The van der Waals surface area contributed by atoms with Crippen LogP contribution in [0.5, 0.6) is 23.0 Å². The zero-order chi connectivity index (χ0) is 37.0. The average molecular weight is 767 g/mol. The first-order chi connectivity index (χ1) is 24.4. The maximum atomic E-state index is 13.9. The Morgan fingerprint density at radius 1 is 0.922 bits per heavy atom. The summed E-state index contributed by atoms with van der Waals surface area (Å²) < 4.78 is 77.5. The summed E-state index contributed by atoms with van der Waals surface area (Å²) in [7, 11) is -9.19. The number of quaternary nitrogens is 3. The Balaban J connectivity index is 1.51. The molecule has 3 aromatic carbocycles. The molecule has 51 heavy (non-hydrogen) atoms.